The second-order valence-corrected chi connectivity index (χ2v) is 9.13. The lowest BCUT2D eigenvalue weighted by Gasteiger charge is -2.13. The molecule has 0 atom stereocenters. The van der Waals surface area contributed by atoms with E-state index < -0.39 is 10.8 Å². The number of methoxy groups -OCH3 is 1. The summed E-state index contributed by atoms with van der Waals surface area (Å²) in [6.45, 7) is 0.0257. The first-order valence-electron chi connectivity index (χ1n) is 9.20. The van der Waals surface area contributed by atoms with Crippen molar-refractivity contribution in [1.82, 2.24) is 15.2 Å². The predicted octanol–water partition coefficient (Wildman–Crippen LogP) is 4.82. The molecule has 3 rings (SSSR count). The van der Waals surface area contributed by atoms with E-state index in [0.29, 0.717) is 17.1 Å². The lowest BCUT2D eigenvalue weighted by Crippen LogP contribution is -2.23. The molecule has 0 saturated carbocycles. The Bertz CT molecular complexity index is 1190. The van der Waals surface area contributed by atoms with Crippen LogP contribution in [0.15, 0.2) is 61.2 Å². The number of hydrazone groups is 1. The molecule has 0 fully saturated rings. The molecule has 1 amide bonds. The van der Waals surface area contributed by atoms with Crippen molar-refractivity contribution in [1.29, 1.82) is 0 Å². The van der Waals surface area contributed by atoms with Gasteiger partial charge in [-0.3, -0.25) is 19.6 Å². The summed E-state index contributed by atoms with van der Waals surface area (Å²) in [5.41, 5.74) is 3.65. The summed E-state index contributed by atoms with van der Waals surface area (Å²) in [7, 11) is 1.57. The van der Waals surface area contributed by atoms with Crippen LogP contribution >= 0.6 is 47.8 Å². The number of carbonyl (C=O) groups is 1. The van der Waals surface area contributed by atoms with Gasteiger partial charge in [-0.15, -0.1) is 0 Å². The van der Waals surface area contributed by atoms with E-state index in [0.717, 1.165) is 29.9 Å². The number of nitro groups is 1. The topological polar surface area (TPSA) is 121 Å². The molecule has 0 spiro atoms. The Hall–Kier alpha value is -2.77. The molecule has 3 aromatic rings. The first-order chi connectivity index (χ1) is 15.8. The van der Waals surface area contributed by atoms with Gasteiger partial charge in [-0.2, -0.15) is 10.2 Å². The number of nitrogens with one attached hydrogen (secondary N) is 1. The second-order valence-electron chi connectivity index (χ2n) is 6.50. The second kappa shape index (κ2) is 11.4. The summed E-state index contributed by atoms with van der Waals surface area (Å²) in [5.74, 6) is 0.803. The SMILES string of the molecule is COc1ccc(/C=N/NC(=O)Cn2cc([N+](=O)[O-])cn2)cc1COc1c(Br)cc(Br)cc1Br. The lowest BCUT2D eigenvalue weighted by molar-refractivity contribution is -0.385. The van der Waals surface area contributed by atoms with Gasteiger partial charge in [0.05, 0.1) is 27.2 Å². The average molecular weight is 646 g/mol. The summed E-state index contributed by atoms with van der Waals surface area (Å²) >= 11 is 10.4. The van der Waals surface area contributed by atoms with E-state index in [4.69, 9.17) is 9.47 Å². The van der Waals surface area contributed by atoms with Gasteiger partial charge in [0.1, 0.15) is 37.0 Å². The third kappa shape index (κ3) is 6.85. The van der Waals surface area contributed by atoms with Gasteiger partial charge in [0.2, 0.25) is 0 Å². The number of benzene rings is 2. The van der Waals surface area contributed by atoms with Crippen LogP contribution in [-0.2, 0) is 17.9 Å². The Kier molecular flexibility index (Phi) is 8.58. The van der Waals surface area contributed by atoms with Gasteiger partial charge in [-0.05, 0) is 67.8 Å². The number of carbonyl (C=O) groups excluding carboxylic acids is 1. The van der Waals surface area contributed by atoms with Crippen molar-refractivity contribution in [3.05, 3.63) is 77.4 Å². The van der Waals surface area contributed by atoms with Gasteiger partial charge < -0.3 is 9.47 Å². The maximum absolute atomic E-state index is 12.0. The molecular weight excluding hydrogens is 630 g/mol. The van der Waals surface area contributed by atoms with Crippen LogP contribution in [-0.4, -0.2) is 33.9 Å². The van der Waals surface area contributed by atoms with Gasteiger partial charge in [-0.1, -0.05) is 15.9 Å². The number of amides is 1. The maximum Gasteiger partial charge on any atom is 0.307 e. The van der Waals surface area contributed by atoms with Crippen molar-refractivity contribution < 1.29 is 19.2 Å². The van der Waals surface area contributed by atoms with E-state index in [-0.39, 0.29) is 18.8 Å². The van der Waals surface area contributed by atoms with Gasteiger partial charge in [0, 0.05) is 10.0 Å². The fourth-order valence-corrected chi connectivity index (χ4v) is 5.19. The number of ether oxygens (including phenoxy) is 2. The Balaban J connectivity index is 1.64. The molecule has 0 bridgehead atoms. The van der Waals surface area contributed by atoms with Crippen LogP contribution in [0.3, 0.4) is 0 Å². The third-order valence-corrected chi connectivity index (χ3v) is 5.81. The van der Waals surface area contributed by atoms with E-state index in [1.807, 2.05) is 18.2 Å². The fourth-order valence-electron chi connectivity index (χ4n) is 2.70. The standard InChI is InChI=1S/C20H16Br3N5O5/c1-32-18-3-2-12(4-13(18)11-33-20-16(22)5-14(21)6-17(20)23)7-24-26-19(29)10-27-9-15(8-25-27)28(30)31/h2-9H,10-11H2,1H3,(H,26,29)/b24-7+. The van der Waals surface area contributed by atoms with Gasteiger partial charge >= 0.3 is 5.69 Å². The van der Waals surface area contributed by atoms with Crippen molar-refractivity contribution in [3.8, 4) is 11.5 Å². The molecule has 1 aromatic heterocycles. The summed E-state index contributed by atoms with van der Waals surface area (Å²) < 4.78 is 15.0. The summed E-state index contributed by atoms with van der Waals surface area (Å²) in [6, 6.07) is 9.14. The van der Waals surface area contributed by atoms with Crippen molar-refractivity contribution in [2.45, 2.75) is 13.2 Å². The minimum atomic E-state index is -0.585. The average Bonchev–Trinajstić information content (AvgIpc) is 3.22. The normalized spacial score (nSPS) is 10.9. The maximum atomic E-state index is 12.0. The molecule has 1 N–H and O–H groups in total. The first kappa shape index (κ1) is 24.9. The number of nitrogens with zero attached hydrogens (tertiary/aromatic N) is 4. The molecule has 0 aliphatic carbocycles. The van der Waals surface area contributed by atoms with E-state index >= 15 is 0 Å². The minimum absolute atomic E-state index is 0.193. The van der Waals surface area contributed by atoms with E-state index in [2.05, 4.69) is 63.4 Å². The monoisotopic (exact) mass is 643 g/mol. The quantitative estimate of drug-likeness (QED) is 0.202. The highest BCUT2D eigenvalue weighted by Crippen LogP contribution is 2.37. The highest BCUT2D eigenvalue weighted by atomic mass is 79.9. The van der Waals surface area contributed by atoms with Crippen molar-refractivity contribution in [2.75, 3.05) is 7.11 Å². The summed E-state index contributed by atoms with van der Waals surface area (Å²) in [6.07, 6.45) is 3.71. The number of aromatic nitrogens is 2. The Morgan fingerprint density at radius 2 is 2.00 bits per heavy atom. The van der Waals surface area contributed by atoms with Crippen LogP contribution in [0.2, 0.25) is 0 Å². The summed E-state index contributed by atoms with van der Waals surface area (Å²) in [4.78, 5) is 22.1. The number of hydrogen-bond acceptors (Lipinski definition) is 7. The smallest absolute Gasteiger partial charge is 0.307 e. The van der Waals surface area contributed by atoms with E-state index in [1.165, 1.54) is 12.4 Å². The molecule has 0 aliphatic heterocycles. The molecule has 0 unspecified atom stereocenters. The Morgan fingerprint density at radius 1 is 1.27 bits per heavy atom. The van der Waals surface area contributed by atoms with Crippen LogP contribution in [0.25, 0.3) is 0 Å². The zero-order valence-corrected chi connectivity index (χ0v) is 21.8. The molecule has 0 radical (unpaired) electrons. The van der Waals surface area contributed by atoms with Crippen molar-refractivity contribution >= 4 is 65.6 Å². The highest BCUT2D eigenvalue weighted by molar-refractivity contribution is 9.11. The zero-order chi connectivity index (χ0) is 24.0. The molecule has 172 valence electrons. The molecule has 10 nitrogen and oxygen atoms in total. The van der Waals surface area contributed by atoms with Crippen molar-refractivity contribution in [2.24, 2.45) is 5.10 Å². The fraction of sp³-hybridized carbons (Fsp3) is 0.150. The Morgan fingerprint density at radius 3 is 2.64 bits per heavy atom. The van der Waals surface area contributed by atoms with Crippen LogP contribution in [0.5, 0.6) is 11.5 Å². The lowest BCUT2D eigenvalue weighted by atomic mass is 10.1. The van der Waals surface area contributed by atoms with Crippen LogP contribution < -0.4 is 14.9 Å². The third-order valence-electron chi connectivity index (χ3n) is 4.18. The van der Waals surface area contributed by atoms with Gasteiger partial charge in [0.15, 0.2) is 0 Å². The van der Waals surface area contributed by atoms with Crippen LogP contribution in [0.1, 0.15) is 11.1 Å². The van der Waals surface area contributed by atoms with E-state index in [9.17, 15) is 14.9 Å². The van der Waals surface area contributed by atoms with Crippen LogP contribution in [0, 0.1) is 10.1 Å². The predicted molar refractivity (Wildman–Crippen MR) is 131 cm³/mol. The Labute approximate surface area is 213 Å². The molecule has 0 saturated heterocycles. The number of rotatable bonds is 9. The highest BCUT2D eigenvalue weighted by Gasteiger charge is 2.12. The minimum Gasteiger partial charge on any atom is -0.496 e. The molecule has 0 aliphatic rings. The molecule has 13 heteroatoms. The van der Waals surface area contributed by atoms with E-state index in [1.54, 1.807) is 19.2 Å². The van der Waals surface area contributed by atoms with Gasteiger partial charge in [-0.25, -0.2) is 5.43 Å². The molecule has 33 heavy (non-hydrogen) atoms. The number of hydrogen-bond donors (Lipinski definition) is 1. The zero-order valence-electron chi connectivity index (χ0n) is 17.0. The van der Waals surface area contributed by atoms with Crippen LogP contribution in [0.4, 0.5) is 5.69 Å². The molecule has 2 aromatic carbocycles. The largest absolute Gasteiger partial charge is 0.496 e. The first-order valence-corrected chi connectivity index (χ1v) is 11.6. The summed E-state index contributed by atoms with van der Waals surface area (Å²) in [5, 5.41) is 18.4. The number of halogens is 3. The molecule has 1 heterocycles. The van der Waals surface area contributed by atoms with Crippen molar-refractivity contribution in [3.63, 3.8) is 0 Å². The van der Waals surface area contributed by atoms with Gasteiger partial charge in [0.25, 0.3) is 5.91 Å². The molecular formula is C20H16Br3N5O5.